The Balaban J connectivity index is 4.48. The standard InChI is InChI=1S/C16H32N2O7S/c1-15(2,3)24-13(19)17-10-7-8-12(9-11-26(21,22)23)18-14(20)25-16(4,5)6/h12H,7-11H2,1-6H3,(H,17,19)(H,18,20)(H,21,22,23)/t12-/m1/s1. The van der Waals surface area contributed by atoms with Crippen LogP contribution in [-0.2, 0) is 19.6 Å². The molecule has 0 aromatic carbocycles. The molecule has 0 unspecified atom stereocenters. The van der Waals surface area contributed by atoms with Crippen molar-refractivity contribution in [2.24, 2.45) is 0 Å². The zero-order valence-electron chi connectivity index (χ0n) is 16.4. The Kier molecular flexibility index (Phi) is 9.36. The van der Waals surface area contributed by atoms with E-state index in [4.69, 9.17) is 14.0 Å². The number of hydrogen-bond acceptors (Lipinski definition) is 6. The molecule has 0 aliphatic rings. The van der Waals surface area contributed by atoms with Crippen LogP contribution in [0.2, 0.25) is 0 Å². The Morgan fingerprint density at radius 1 is 0.962 bits per heavy atom. The molecule has 2 amide bonds. The highest BCUT2D eigenvalue weighted by Gasteiger charge is 2.21. The zero-order valence-corrected chi connectivity index (χ0v) is 17.2. The fraction of sp³-hybridized carbons (Fsp3) is 0.875. The van der Waals surface area contributed by atoms with Gasteiger partial charge in [0.2, 0.25) is 0 Å². The molecule has 0 fully saturated rings. The monoisotopic (exact) mass is 396 g/mol. The van der Waals surface area contributed by atoms with Crippen molar-refractivity contribution >= 4 is 22.3 Å². The van der Waals surface area contributed by atoms with E-state index in [0.717, 1.165) is 0 Å². The van der Waals surface area contributed by atoms with E-state index in [1.807, 2.05) is 0 Å². The van der Waals surface area contributed by atoms with E-state index in [9.17, 15) is 18.0 Å². The van der Waals surface area contributed by atoms with Gasteiger partial charge in [-0.25, -0.2) is 9.59 Å². The first-order valence-corrected chi connectivity index (χ1v) is 10.1. The summed E-state index contributed by atoms with van der Waals surface area (Å²) in [6.07, 6.45) is -0.315. The lowest BCUT2D eigenvalue weighted by molar-refractivity contribution is 0.0487. The summed E-state index contributed by atoms with van der Waals surface area (Å²) in [4.78, 5) is 23.4. The average molecular weight is 397 g/mol. The van der Waals surface area contributed by atoms with Crippen molar-refractivity contribution in [3.63, 3.8) is 0 Å². The fourth-order valence-electron chi connectivity index (χ4n) is 1.91. The molecule has 0 aromatic rings. The Morgan fingerprint density at radius 2 is 1.46 bits per heavy atom. The quantitative estimate of drug-likeness (QED) is 0.424. The van der Waals surface area contributed by atoms with Gasteiger partial charge in [0.1, 0.15) is 11.2 Å². The minimum atomic E-state index is -4.14. The maximum Gasteiger partial charge on any atom is 0.407 e. The molecule has 1 atom stereocenters. The summed E-state index contributed by atoms with van der Waals surface area (Å²) in [5.74, 6) is -0.479. The molecule has 9 nitrogen and oxygen atoms in total. The Hall–Kier alpha value is -1.55. The molecule has 0 rings (SSSR count). The minimum absolute atomic E-state index is 0.0323. The number of rotatable bonds is 8. The molecule has 0 aliphatic carbocycles. The number of carbonyl (C=O) groups excluding carboxylic acids is 2. The molecule has 26 heavy (non-hydrogen) atoms. The third kappa shape index (κ3) is 15.9. The maximum absolute atomic E-state index is 11.9. The summed E-state index contributed by atoms with van der Waals surface area (Å²) in [6.45, 7) is 10.7. The second-order valence-corrected chi connectivity index (χ2v) is 9.56. The third-order valence-corrected chi connectivity index (χ3v) is 3.59. The van der Waals surface area contributed by atoms with Gasteiger partial charge in [0.05, 0.1) is 5.75 Å². The zero-order chi connectivity index (χ0) is 20.6. The second-order valence-electron chi connectivity index (χ2n) is 7.99. The van der Waals surface area contributed by atoms with Crippen LogP contribution in [0.4, 0.5) is 9.59 Å². The first-order chi connectivity index (χ1) is 11.6. The highest BCUT2D eigenvalue weighted by molar-refractivity contribution is 7.85. The number of hydrogen-bond donors (Lipinski definition) is 3. The average Bonchev–Trinajstić information content (AvgIpc) is 2.35. The van der Waals surface area contributed by atoms with Crippen LogP contribution in [-0.4, -0.2) is 54.7 Å². The van der Waals surface area contributed by atoms with Crippen LogP contribution in [0.1, 0.15) is 60.8 Å². The van der Waals surface area contributed by atoms with Gasteiger partial charge in [-0.2, -0.15) is 8.42 Å². The van der Waals surface area contributed by atoms with Gasteiger partial charge in [0.25, 0.3) is 10.1 Å². The number of ether oxygens (including phenoxy) is 2. The summed E-state index contributed by atoms with van der Waals surface area (Å²) < 4.78 is 41.0. The van der Waals surface area contributed by atoms with Gasteiger partial charge in [0, 0.05) is 12.6 Å². The summed E-state index contributed by atoms with van der Waals surface area (Å²) in [7, 11) is -4.14. The van der Waals surface area contributed by atoms with Crippen LogP contribution < -0.4 is 10.6 Å². The van der Waals surface area contributed by atoms with E-state index in [1.165, 1.54) is 0 Å². The van der Waals surface area contributed by atoms with E-state index < -0.39 is 45.3 Å². The molecule has 3 N–H and O–H groups in total. The van der Waals surface area contributed by atoms with Crippen molar-refractivity contribution in [2.45, 2.75) is 78.0 Å². The first-order valence-electron chi connectivity index (χ1n) is 8.49. The van der Waals surface area contributed by atoms with Gasteiger partial charge in [0.15, 0.2) is 0 Å². The largest absolute Gasteiger partial charge is 0.444 e. The summed E-state index contributed by atoms with van der Waals surface area (Å²) >= 11 is 0. The van der Waals surface area contributed by atoms with E-state index in [-0.39, 0.29) is 6.42 Å². The van der Waals surface area contributed by atoms with E-state index in [0.29, 0.717) is 19.4 Å². The third-order valence-electron chi connectivity index (χ3n) is 2.84. The van der Waals surface area contributed by atoms with Crippen molar-refractivity contribution in [2.75, 3.05) is 12.3 Å². The predicted molar refractivity (Wildman–Crippen MR) is 97.7 cm³/mol. The van der Waals surface area contributed by atoms with Gasteiger partial charge in [-0.15, -0.1) is 0 Å². The van der Waals surface area contributed by atoms with Crippen LogP contribution >= 0.6 is 0 Å². The lowest BCUT2D eigenvalue weighted by Gasteiger charge is -2.24. The van der Waals surface area contributed by atoms with Gasteiger partial charge in [-0.1, -0.05) is 0 Å². The highest BCUT2D eigenvalue weighted by atomic mass is 32.2. The molecule has 0 heterocycles. The van der Waals surface area contributed by atoms with Crippen LogP contribution in [0.15, 0.2) is 0 Å². The summed E-state index contributed by atoms with van der Waals surface area (Å²) in [6, 6.07) is -0.521. The Labute approximate surface area is 155 Å². The first kappa shape index (κ1) is 24.5. The minimum Gasteiger partial charge on any atom is -0.444 e. The van der Waals surface area contributed by atoms with Crippen LogP contribution in [0, 0.1) is 0 Å². The van der Waals surface area contributed by atoms with E-state index >= 15 is 0 Å². The molecule has 154 valence electrons. The van der Waals surface area contributed by atoms with Crippen LogP contribution in [0.5, 0.6) is 0 Å². The van der Waals surface area contributed by atoms with Gasteiger partial charge in [-0.3, -0.25) is 4.55 Å². The normalized spacial score (nSPS) is 13.7. The van der Waals surface area contributed by atoms with Crippen molar-refractivity contribution < 1.29 is 32.0 Å². The predicted octanol–water partition coefficient (Wildman–Crippen LogP) is 2.46. The van der Waals surface area contributed by atoms with Crippen LogP contribution in [0.25, 0.3) is 0 Å². The van der Waals surface area contributed by atoms with Gasteiger partial charge in [-0.05, 0) is 60.8 Å². The molecule has 0 saturated heterocycles. The maximum atomic E-state index is 11.9. The van der Waals surface area contributed by atoms with Gasteiger partial charge >= 0.3 is 12.2 Å². The van der Waals surface area contributed by atoms with E-state index in [2.05, 4.69) is 10.6 Å². The summed E-state index contributed by atoms with van der Waals surface area (Å²) in [5, 5.41) is 5.18. The van der Waals surface area contributed by atoms with Crippen molar-refractivity contribution in [1.29, 1.82) is 0 Å². The Morgan fingerprint density at radius 3 is 1.92 bits per heavy atom. The molecule has 0 saturated carbocycles. The number of carbonyl (C=O) groups is 2. The fourth-order valence-corrected chi connectivity index (χ4v) is 2.49. The van der Waals surface area contributed by atoms with Crippen LogP contribution in [0.3, 0.4) is 0 Å². The van der Waals surface area contributed by atoms with Crippen molar-refractivity contribution in [3.05, 3.63) is 0 Å². The lowest BCUT2D eigenvalue weighted by Crippen LogP contribution is -2.40. The molecular formula is C16H32N2O7S. The highest BCUT2D eigenvalue weighted by Crippen LogP contribution is 2.10. The Bertz CT molecular complexity index is 562. The van der Waals surface area contributed by atoms with Crippen molar-refractivity contribution in [1.82, 2.24) is 10.6 Å². The molecule has 0 aromatic heterocycles. The smallest absolute Gasteiger partial charge is 0.407 e. The molecule has 0 radical (unpaired) electrons. The topological polar surface area (TPSA) is 131 Å². The summed E-state index contributed by atoms with van der Waals surface area (Å²) in [5.41, 5.74) is -1.28. The lowest BCUT2D eigenvalue weighted by atomic mass is 10.1. The number of alkyl carbamates (subject to hydrolysis) is 2. The molecule has 0 spiro atoms. The molecule has 0 bridgehead atoms. The molecule has 0 aliphatic heterocycles. The molecule has 10 heteroatoms. The molecular weight excluding hydrogens is 364 g/mol. The van der Waals surface area contributed by atoms with Crippen molar-refractivity contribution in [3.8, 4) is 0 Å². The SMILES string of the molecule is CC(C)(C)OC(=O)NCCC[C@H](CCS(=O)(=O)O)NC(=O)OC(C)(C)C. The van der Waals surface area contributed by atoms with Gasteiger partial charge < -0.3 is 20.1 Å². The number of nitrogens with one attached hydrogen (secondary N) is 2. The van der Waals surface area contributed by atoms with E-state index in [1.54, 1.807) is 41.5 Å². The second kappa shape index (κ2) is 9.96. The number of amides is 2.